The Morgan fingerprint density at radius 1 is 1.00 bits per heavy atom. The molecule has 0 saturated carbocycles. The zero-order valence-electron chi connectivity index (χ0n) is 14.5. The van der Waals surface area contributed by atoms with Crippen molar-refractivity contribution in [2.75, 3.05) is 12.9 Å². The normalized spacial score (nSPS) is 11.9. The monoisotopic (exact) mass is 347 g/mol. The predicted octanol–water partition coefficient (Wildman–Crippen LogP) is 3.48. The van der Waals surface area contributed by atoms with Crippen LogP contribution in [-0.2, 0) is 23.0 Å². The first-order valence-electron chi connectivity index (χ1n) is 8.09. The number of hydrogen-bond acceptors (Lipinski definition) is 3. The van der Waals surface area contributed by atoms with Crippen LogP contribution in [-0.4, -0.2) is 31.6 Å². The fraction of sp³-hybridized carbons (Fsp3) is 0.368. The molecule has 0 heterocycles. The van der Waals surface area contributed by atoms with Gasteiger partial charge in [-0.2, -0.15) is 4.31 Å². The Balaban J connectivity index is 2.10. The SMILES string of the molecule is COc1cccc(CCS(=O)(=O)N(Cc2ccccc2)C(C)C)c1. The first-order valence-corrected chi connectivity index (χ1v) is 9.69. The fourth-order valence-corrected chi connectivity index (χ4v) is 4.27. The average molecular weight is 347 g/mol. The highest BCUT2D eigenvalue weighted by atomic mass is 32.2. The third-order valence-electron chi connectivity index (χ3n) is 3.90. The Morgan fingerprint density at radius 2 is 1.67 bits per heavy atom. The summed E-state index contributed by atoms with van der Waals surface area (Å²) in [6.45, 7) is 4.22. The van der Waals surface area contributed by atoms with Crippen LogP contribution in [0.4, 0.5) is 0 Å². The quantitative estimate of drug-likeness (QED) is 0.734. The van der Waals surface area contributed by atoms with Crippen LogP contribution in [0.25, 0.3) is 0 Å². The van der Waals surface area contributed by atoms with Crippen LogP contribution in [0.1, 0.15) is 25.0 Å². The lowest BCUT2D eigenvalue weighted by Crippen LogP contribution is -2.38. The second-order valence-electron chi connectivity index (χ2n) is 6.04. The highest BCUT2D eigenvalue weighted by Crippen LogP contribution is 2.17. The third kappa shape index (κ3) is 5.08. The largest absolute Gasteiger partial charge is 0.497 e. The van der Waals surface area contributed by atoms with Crippen molar-refractivity contribution in [1.29, 1.82) is 0 Å². The van der Waals surface area contributed by atoms with Crippen molar-refractivity contribution in [3.63, 3.8) is 0 Å². The molecule has 0 bridgehead atoms. The maximum Gasteiger partial charge on any atom is 0.214 e. The first kappa shape index (κ1) is 18.5. The molecule has 5 heteroatoms. The lowest BCUT2D eigenvalue weighted by molar-refractivity contribution is 0.348. The second-order valence-corrected chi connectivity index (χ2v) is 8.08. The Morgan fingerprint density at radius 3 is 2.29 bits per heavy atom. The number of methoxy groups -OCH3 is 1. The number of hydrogen-bond donors (Lipinski definition) is 0. The van der Waals surface area contributed by atoms with E-state index in [9.17, 15) is 8.42 Å². The van der Waals surface area contributed by atoms with E-state index >= 15 is 0 Å². The molecular formula is C19H25NO3S. The first-order chi connectivity index (χ1) is 11.4. The topological polar surface area (TPSA) is 46.6 Å². The van der Waals surface area contributed by atoms with Gasteiger partial charge in [0.25, 0.3) is 0 Å². The molecule has 0 spiro atoms. The summed E-state index contributed by atoms with van der Waals surface area (Å²) >= 11 is 0. The van der Waals surface area contributed by atoms with Crippen LogP contribution in [0, 0.1) is 0 Å². The van der Waals surface area contributed by atoms with Crippen molar-refractivity contribution < 1.29 is 13.2 Å². The van der Waals surface area contributed by atoms with Gasteiger partial charge in [-0.15, -0.1) is 0 Å². The van der Waals surface area contributed by atoms with E-state index in [1.54, 1.807) is 11.4 Å². The average Bonchev–Trinajstić information content (AvgIpc) is 2.58. The molecule has 0 aliphatic heterocycles. The molecule has 0 aliphatic rings. The highest BCUT2D eigenvalue weighted by Gasteiger charge is 2.24. The van der Waals surface area contributed by atoms with Gasteiger partial charge >= 0.3 is 0 Å². The molecule has 2 aromatic rings. The molecule has 2 aromatic carbocycles. The van der Waals surface area contributed by atoms with Gasteiger partial charge in [-0.25, -0.2) is 8.42 Å². The van der Waals surface area contributed by atoms with Crippen molar-refractivity contribution in [3.8, 4) is 5.75 Å². The number of sulfonamides is 1. The van der Waals surface area contributed by atoms with Crippen LogP contribution in [0.3, 0.4) is 0 Å². The molecule has 0 fully saturated rings. The van der Waals surface area contributed by atoms with E-state index in [1.165, 1.54) is 0 Å². The second kappa shape index (κ2) is 8.31. The van der Waals surface area contributed by atoms with Crippen molar-refractivity contribution in [2.45, 2.75) is 32.9 Å². The zero-order valence-corrected chi connectivity index (χ0v) is 15.3. The molecular weight excluding hydrogens is 322 g/mol. The van der Waals surface area contributed by atoms with E-state index in [2.05, 4.69) is 0 Å². The molecule has 0 atom stereocenters. The molecule has 4 nitrogen and oxygen atoms in total. The third-order valence-corrected chi connectivity index (χ3v) is 5.88. The summed E-state index contributed by atoms with van der Waals surface area (Å²) in [5, 5.41) is 0. The van der Waals surface area contributed by atoms with Gasteiger partial charge in [-0.1, -0.05) is 42.5 Å². The summed E-state index contributed by atoms with van der Waals surface area (Å²) in [4.78, 5) is 0. The standard InChI is InChI=1S/C19H25NO3S/c1-16(2)20(15-18-8-5-4-6-9-18)24(21,22)13-12-17-10-7-11-19(14-17)23-3/h4-11,14,16H,12-13,15H2,1-3H3. The number of aryl methyl sites for hydroxylation is 1. The van der Waals surface area contributed by atoms with Crippen molar-refractivity contribution in [2.24, 2.45) is 0 Å². The number of rotatable bonds is 8. The Bertz CT molecular complexity index is 742. The minimum absolute atomic E-state index is 0.0829. The van der Waals surface area contributed by atoms with Gasteiger partial charge in [0.2, 0.25) is 10.0 Å². The number of ether oxygens (including phenoxy) is 1. The Labute approximate surface area is 145 Å². The van der Waals surface area contributed by atoms with Crippen LogP contribution >= 0.6 is 0 Å². The minimum atomic E-state index is -3.35. The number of nitrogens with zero attached hydrogens (tertiary/aromatic N) is 1. The molecule has 0 aromatic heterocycles. The zero-order chi connectivity index (χ0) is 17.6. The smallest absolute Gasteiger partial charge is 0.214 e. The molecule has 0 amide bonds. The highest BCUT2D eigenvalue weighted by molar-refractivity contribution is 7.89. The van der Waals surface area contributed by atoms with Crippen LogP contribution in [0.5, 0.6) is 5.75 Å². The fourth-order valence-electron chi connectivity index (χ4n) is 2.56. The summed E-state index contributed by atoms with van der Waals surface area (Å²) in [5.74, 6) is 0.834. The Hall–Kier alpha value is -1.85. The van der Waals surface area contributed by atoms with Crippen LogP contribution in [0.2, 0.25) is 0 Å². The van der Waals surface area contributed by atoms with Crippen molar-refractivity contribution in [1.82, 2.24) is 4.31 Å². The lowest BCUT2D eigenvalue weighted by Gasteiger charge is -2.26. The van der Waals surface area contributed by atoms with Gasteiger partial charge < -0.3 is 4.74 Å². The summed E-state index contributed by atoms with van der Waals surface area (Å²) in [6.07, 6.45) is 0.470. The summed E-state index contributed by atoms with van der Waals surface area (Å²) in [6, 6.07) is 17.1. The van der Waals surface area contributed by atoms with Gasteiger partial charge in [0, 0.05) is 12.6 Å². The molecule has 0 unspecified atom stereocenters. The number of benzene rings is 2. The van der Waals surface area contributed by atoms with Gasteiger partial charge in [0.1, 0.15) is 5.75 Å². The van der Waals surface area contributed by atoms with Crippen LogP contribution < -0.4 is 4.74 Å². The lowest BCUT2D eigenvalue weighted by atomic mass is 10.2. The van der Waals surface area contributed by atoms with E-state index in [-0.39, 0.29) is 11.8 Å². The molecule has 0 saturated heterocycles. The van der Waals surface area contributed by atoms with E-state index in [0.29, 0.717) is 13.0 Å². The van der Waals surface area contributed by atoms with Gasteiger partial charge in [0.15, 0.2) is 0 Å². The molecule has 0 N–H and O–H groups in total. The summed E-state index contributed by atoms with van der Waals surface area (Å²) < 4.78 is 32.4. The minimum Gasteiger partial charge on any atom is -0.497 e. The van der Waals surface area contributed by atoms with E-state index in [1.807, 2.05) is 68.4 Å². The van der Waals surface area contributed by atoms with Gasteiger partial charge in [-0.3, -0.25) is 0 Å². The summed E-state index contributed by atoms with van der Waals surface area (Å²) in [7, 11) is -1.74. The molecule has 130 valence electrons. The predicted molar refractivity (Wildman–Crippen MR) is 97.6 cm³/mol. The van der Waals surface area contributed by atoms with E-state index < -0.39 is 10.0 Å². The summed E-state index contributed by atoms with van der Waals surface area (Å²) in [5.41, 5.74) is 1.96. The molecule has 0 aliphatic carbocycles. The maximum absolute atomic E-state index is 12.8. The molecule has 2 rings (SSSR count). The van der Waals surface area contributed by atoms with Crippen molar-refractivity contribution in [3.05, 3.63) is 65.7 Å². The van der Waals surface area contributed by atoms with Crippen LogP contribution in [0.15, 0.2) is 54.6 Å². The molecule has 0 radical (unpaired) electrons. The van der Waals surface area contributed by atoms with Crippen molar-refractivity contribution >= 4 is 10.0 Å². The Kier molecular flexibility index (Phi) is 6.40. The maximum atomic E-state index is 12.8. The van der Waals surface area contributed by atoms with Gasteiger partial charge in [0.05, 0.1) is 12.9 Å². The molecule has 24 heavy (non-hydrogen) atoms. The van der Waals surface area contributed by atoms with Gasteiger partial charge in [-0.05, 0) is 43.5 Å². The van der Waals surface area contributed by atoms with E-state index in [4.69, 9.17) is 4.74 Å². The van der Waals surface area contributed by atoms with E-state index in [0.717, 1.165) is 16.9 Å².